The van der Waals surface area contributed by atoms with Gasteiger partial charge < -0.3 is 4.74 Å². The molecule has 2 heteroatoms. The molecule has 0 amide bonds. The van der Waals surface area contributed by atoms with Crippen LogP contribution in [0.4, 0.5) is 0 Å². The molecule has 0 radical (unpaired) electrons. The summed E-state index contributed by atoms with van der Waals surface area (Å²) in [6, 6.07) is 0. The van der Waals surface area contributed by atoms with Gasteiger partial charge in [-0.15, -0.1) is 0 Å². The first kappa shape index (κ1) is 13.3. The van der Waals surface area contributed by atoms with Crippen LogP contribution in [0.1, 0.15) is 53.4 Å². The largest absolute Gasteiger partial charge is 0.457 e. The highest BCUT2D eigenvalue weighted by molar-refractivity contribution is 5.82. The maximum atomic E-state index is 11.5. The van der Waals surface area contributed by atoms with E-state index in [1.807, 2.05) is 26.8 Å². The van der Waals surface area contributed by atoms with Crippen LogP contribution in [-0.2, 0) is 9.53 Å². The second kappa shape index (κ2) is 5.51. The average Bonchev–Trinajstić information content (AvgIpc) is 2.14. The van der Waals surface area contributed by atoms with Crippen molar-refractivity contribution >= 4 is 5.97 Å². The minimum atomic E-state index is -0.386. The van der Waals surface area contributed by atoms with Gasteiger partial charge in [-0.05, 0) is 45.4 Å². The lowest BCUT2D eigenvalue weighted by molar-refractivity contribution is -0.148. The van der Waals surface area contributed by atoms with Crippen molar-refractivity contribution in [3.05, 3.63) is 12.2 Å². The van der Waals surface area contributed by atoms with Crippen LogP contribution in [0.5, 0.6) is 0 Å². The second-order valence-corrected chi connectivity index (χ2v) is 5.91. The molecule has 1 fully saturated rings. The van der Waals surface area contributed by atoms with Gasteiger partial charge in [0.05, 0.1) is 0 Å². The van der Waals surface area contributed by atoms with Crippen LogP contribution in [0.25, 0.3) is 0 Å². The predicted molar refractivity (Wildman–Crippen MR) is 66.1 cm³/mol. The van der Waals surface area contributed by atoms with Crippen molar-refractivity contribution in [1.82, 2.24) is 0 Å². The average molecular weight is 224 g/mol. The Hall–Kier alpha value is -0.790. The summed E-state index contributed by atoms with van der Waals surface area (Å²) in [4.78, 5) is 11.5. The molecule has 0 aromatic heterocycles. The summed E-state index contributed by atoms with van der Waals surface area (Å²) in [6.45, 7) is 7.97. The number of allylic oxidation sites excluding steroid dienone is 1. The van der Waals surface area contributed by atoms with Crippen LogP contribution < -0.4 is 0 Å². The van der Waals surface area contributed by atoms with Crippen molar-refractivity contribution in [3.63, 3.8) is 0 Å². The molecule has 0 unspecified atom stereocenters. The first-order valence-electron chi connectivity index (χ1n) is 6.28. The summed E-state index contributed by atoms with van der Waals surface area (Å²) in [5.41, 5.74) is -0.386. The van der Waals surface area contributed by atoms with Crippen molar-refractivity contribution in [2.75, 3.05) is 0 Å². The topological polar surface area (TPSA) is 26.3 Å². The van der Waals surface area contributed by atoms with E-state index in [4.69, 9.17) is 4.74 Å². The lowest BCUT2D eigenvalue weighted by Crippen LogP contribution is -2.22. The van der Waals surface area contributed by atoms with Crippen molar-refractivity contribution < 1.29 is 9.53 Å². The number of hydrogen-bond donors (Lipinski definition) is 0. The SMILES string of the molecule is CC1CCC(/C=C/C(=O)OC(C)(C)C)CC1. The van der Waals surface area contributed by atoms with Crippen LogP contribution in [0.3, 0.4) is 0 Å². The fourth-order valence-corrected chi connectivity index (χ4v) is 2.03. The van der Waals surface area contributed by atoms with Gasteiger partial charge in [0.25, 0.3) is 0 Å². The summed E-state index contributed by atoms with van der Waals surface area (Å²) in [5.74, 6) is 1.21. The highest BCUT2D eigenvalue weighted by atomic mass is 16.6. The van der Waals surface area contributed by atoms with Crippen LogP contribution in [0.15, 0.2) is 12.2 Å². The minimum Gasteiger partial charge on any atom is -0.457 e. The molecule has 1 aliphatic rings. The Kier molecular flexibility index (Phi) is 4.57. The van der Waals surface area contributed by atoms with E-state index in [1.165, 1.54) is 25.7 Å². The molecule has 1 rings (SSSR count). The molecule has 92 valence electrons. The van der Waals surface area contributed by atoms with Crippen LogP contribution in [-0.4, -0.2) is 11.6 Å². The van der Waals surface area contributed by atoms with Crippen molar-refractivity contribution in [3.8, 4) is 0 Å². The molecule has 0 spiro atoms. The second-order valence-electron chi connectivity index (χ2n) is 5.91. The molecule has 0 N–H and O–H groups in total. The number of hydrogen-bond acceptors (Lipinski definition) is 2. The van der Waals surface area contributed by atoms with E-state index in [2.05, 4.69) is 6.92 Å². The molecule has 2 nitrogen and oxygen atoms in total. The Morgan fingerprint density at radius 1 is 1.19 bits per heavy atom. The molecule has 0 heterocycles. The van der Waals surface area contributed by atoms with E-state index in [1.54, 1.807) is 6.08 Å². The van der Waals surface area contributed by atoms with Crippen molar-refractivity contribution in [1.29, 1.82) is 0 Å². The van der Waals surface area contributed by atoms with Gasteiger partial charge in [0, 0.05) is 6.08 Å². The Labute approximate surface area is 99.1 Å². The third kappa shape index (κ3) is 5.34. The van der Waals surface area contributed by atoms with E-state index in [0.29, 0.717) is 5.92 Å². The standard InChI is InChI=1S/C14H24O2/c1-11-5-7-12(8-6-11)9-10-13(15)16-14(2,3)4/h9-12H,5-8H2,1-4H3/b10-9+. The zero-order valence-electron chi connectivity index (χ0n) is 11.0. The molecule has 1 saturated carbocycles. The van der Waals surface area contributed by atoms with Crippen LogP contribution in [0, 0.1) is 11.8 Å². The summed E-state index contributed by atoms with van der Waals surface area (Å²) >= 11 is 0. The summed E-state index contributed by atoms with van der Waals surface area (Å²) < 4.78 is 5.22. The summed E-state index contributed by atoms with van der Waals surface area (Å²) in [7, 11) is 0. The van der Waals surface area contributed by atoms with Crippen LogP contribution >= 0.6 is 0 Å². The van der Waals surface area contributed by atoms with Gasteiger partial charge >= 0.3 is 5.97 Å². The maximum Gasteiger partial charge on any atom is 0.330 e. The first-order chi connectivity index (χ1) is 7.37. The molecule has 0 aromatic rings. The molecule has 0 aromatic carbocycles. The highest BCUT2D eigenvalue weighted by Crippen LogP contribution is 2.28. The molecule has 0 saturated heterocycles. The summed E-state index contributed by atoms with van der Waals surface area (Å²) in [5, 5.41) is 0. The summed E-state index contributed by atoms with van der Waals surface area (Å²) in [6.07, 6.45) is 8.61. The monoisotopic (exact) mass is 224 g/mol. The van der Waals surface area contributed by atoms with E-state index >= 15 is 0 Å². The molecule has 0 atom stereocenters. The number of carbonyl (C=O) groups excluding carboxylic acids is 1. The lowest BCUT2D eigenvalue weighted by Gasteiger charge is -2.23. The lowest BCUT2D eigenvalue weighted by atomic mass is 9.83. The molecular weight excluding hydrogens is 200 g/mol. The normalized spacial score (nSPS) is 27.0. The van der Waals surface area contributed by atoms with Gasteiger partial charge in [0.2, 0.25) is 0 Å². The van der Waals surface area contributed by atoms with Gasteiger partial charge in [0.15, 0.2) is 0 Å². The molecule has 0 bridgehead atoms. The predicted octanol–water partition coefficient (Wildman–Crippen LogP) is 3.71. The third-order valence-electron chi connectivity index (χ3n) is 2.97. The van der Waals surface area contributed by atoms with Crippen molar-refractivity contribution in [2.45, 2.75) is 59.0 Å². The number of ether oxygens (including phenoxy) is 1. The quantitative estimate of drug-likeness (QED) is 0.528. The Balaban J connectivity index is 2.33. The molecule has 0 aliphatic heterocycles. The van der Waals surface area contributed by atoms with E-state index in [9.17, 15) is 4.79 Å². The smallest absolute Gasteiger partial charge is 0.330 e. The van der Waals surface area contributed by atoms with Gasteiger partial charge in [-0.2, -0.15) is 0 Å². The fraction of sp³-hybridized carbons (Fsp3) is 0.786. The Morgan fingerprint density at radius 2 is 1.75 bits per heavy atom. The maximum absolute atomic E-state index is 11.5. The molecular formula is C14H24O2. The Bertz CT molecular complexity index is 252. The number of esters is 1. The van der Waals surface area contributed by atoms with Crippen LogP contribution in [0.2, 0.25) is 0 Å². The third-order valence-corrected chi connectivity index (χ3v) is 2.97. The number of carbonyl (C=O) groups is 1. The zero-order chi connectivity index (χ0) is 12.2. The fourth-order valence-electron chi connectivity index (χ4n) is 2.03. The van der Waals surface area contributed by atoms with E-state index in [0.717, 1.165) is 5.92 Å². The van der Waals surface area contributed by atoms with Gasteiger partial charge in [-0.1, -0.05) is 25.8 Å². The zero-order valence-corrected chi connectivity index (χ0v) is 11.0. The van der Waals surface area contributed by atoms with E-state index < -0.39 is 0 Å². The van der Waals surface area contributed by atoms with Gasteiger partial charge in [0.1, 0.15) is 5.60 Å². The minimum absolute atomic E-state index is 0.217. The van der Waals surface area contributed by atoms with Gasteiger partial charge in [-0.3, -0.25) is 0 Å². The van der Waals surface area contributed by atoms with Crippen molar-refractivity contribution in [2.24, 2.45) is 11.8 Å². The molecule has 1 aliphatic carbocycles. The Morgan fingerprint density at radius 3 is 2.25 bits per heavy atom. The first-order valence-corrected chi connectivity index (χ1v) is 6.28. The van der Waals surface area contributed by atoms with E-state index in [-0.39, 0.29) is 11.6 Å². The highest BCUT2D eigenvalue weighted by Gasteiger charge is 2.17. The number of rotatable bonds is 2. The molecule has 16 heavy (non-hydrogen) atoms. The van der Waals surface area contributed by atoms with Gasteiger partial charge in [-0.25, -0.2) is 4.79 Å².